The normalized spacial score (nSPS) is 13.9. The van der Waals surface area contributed by atoms with E-state index in [4.69, 9.17) is 4.55 Å². The topological polar surface area (TPSA) is 54.4 Å². The standard InChI is InChI=1S/C12H26O3S/c1-3-4-5-6-7-8-9-10-12(2)11-16(13,14)15/h12H,3-11H2,1-2H3,(H,13,14,15). The van der Waals surface area contributed by atoms with Gasteiger partial charge in [0.25, 0.3) is 10.1 Å². The predicted octanol–water partition coefficient (Wildman–Crippen LogP) is 3.65. The fourth-order valence-corrected chi connectivity index (χ4v) is 2.78. The fraction of sp³-hybridized carbons (Fsp3) is 1.00. The average molecular weight is 250 g/mol. The van der Waals surface area contributed by atoms with Crippen LogP contribution >= 0.6 is 0 Å². The summed E-state index contributed by atoms with van der Waals surface area (Å²) in [6.45, 7) is 4.09. The van der Waals surface area contributed by atoms with Gasteiger partial charge in [-0.1, -0.05) is 58.8 Å². The summed E-state index contributed by atoms with van der Waals surface area (Å²) in [5, 5.41) is 0. The van der Waals surface area contributed by atoms with Gasteiger partial charge in [0.1, 0.15) is 0 Å². The van der Waals surface area contributed by atoms with Gasteiger partial charge in [-0.3, -0.25) is 4.55 Å². The number of rotatable bonds is 10. The van der Waals surface area contributed by atoms with E-state index in [1.54, 1.807) is 0 Å². The minimum Gasteiger partial charge on any atom is -0.286 e. The molecule has 0 aromatic carbocycles. The smallest absolute Gasteiger partial charge is 0.265 e. The Morgan fingerprint density at radius 3 is 2.00 bits per heavy atom. The van der Waals surface area contributed by atoms with Crippen molar-refractivity contribution in [1.29, 1.82) is 0 Å². The second kappa shape index (κ2) is 8.99. The minimum absolute atomic E-state index is 0.0747. The summed E-state index contributed by atoms with van der Waals surface area (Å²) < 4.78 is 29.9. The lowest BCUT2D eigenvalue weighted by Crippen LogP contribution is -2.12. The first-order valence-corrected chi connectivity index (χ1v) is 8.01. The van der Waals surface area contributed by atoms with Crippen LogP contribution in [-0.2, 0) is 10.1 Å². The SMILES string of the molecule is CCCCCCCCCC(C)CS(=O)(=O)O. The molecule has 0 amide bonds. The lowest BCUT2D eigenvalue weighted by molar-refractivity contribution is 0.454. The second-order valence-corrected chi connectivity index (χ2v) is 6.26. The molecule has 0 spiro atoms. The van der Waals surface area contributed by atoms with Crippen LogP contribution < -0.4 is 0 Å². The lowest BCUT2D eigenvalue weighted by Gasteiger charge is -2.08. The van der Waals surface area contributed by atoms with Crippen molar-refractivity contribution in [2.75, 3.05) is 5.75 Å². The molecular formula is C12H26O3S. The number of hydrogen-bond acceptors (Lipinski definition) is 2. The van der Waals surface area contributed by atoms with Crippen molar-refractivity contribution in [2.24, 2.45) is 5.92 Å². The molecule has 1 unspecified atom stereocenters. The maximum absolute atomic E-state index is 10.6. The first kappa shape index (κ1) is 15.9. The fourth-order valence-electron chi connectivity index (χ4n) is 1.89. The van der Waals surface area contributed by atoms with Gasteiger partial charge in [0.05, 0.1) is 5.75 Å². The molecular weight excluding hydrogens is 224 g/mol. The molecule has 0 aliphatic rings. The van der Waals surface area contributed by atoms with E-state index in [0.717, 1.165) is 12.8 Å². The maximum Gasteiger partial charge on any atom is 0.265 e. The van der Waals surface area contributed by atoms with E-state index < -0.39 is 10.1 Å². The van der Waals surface area contributed by atoms with Gasteiger partial charge in [0, 0.05) is 0 Å². The van der Waals surface area contributed by atoms with Gasteiger partial charge < -0.3 is 0 Å². The Morgan fingerprint density at radius 2 is 1.50 bits per heavy atom. The Bertz CT molecular complexity index is 247. The van der Waals surface area contributed by atoms with Crippen LogP contribution in [0.5, 0.6) is 0 Å². The van der Waals surface area contributed by atoms with Gasteiger partial charge in [-0.25, -0.2) is 0 Å². The number of hydrogen-bond donors (Lipinski definition) is 1. The highest BCUT2D eigenvalue weighted by Gasteiger charge is 2.11. The molecule has 0 radical (unpaired) electrons. The average Bonchev–Trinajstić information content (AvgIpc) is 2.13. The summed E-state index contributed by atoms with van der Waals surface area (Å²) >= 11 is 0. The summed E-state index contributed by atoms with van der Waals surface area (Å²) in [5.41, 5.74) is 0. The van der Waals surface area contributed by atoms with E-state index in [2.05, 4.69) is 6.92 Å². The largest absolute Gasteiger partial charge is 0.286 e. The van der Waals surface area contributed by atoms with Crippen LogP contribution in [0.15, 0.2) is 0 Å². The third-order valence-electron chi connectivity index (χ3n) is 2.80. The van der Waals surface area contributed by atoms with E-state index in [-0.39, 0.29) is 11.7 Å². The molecule has 0 aliphatic heterocycles. The summed E-state index contributed by atoms with van der Waals surface area (Å²) in [6.07, 6.45) is 9.59. The maximum atomic E-state index is 10.6. The first-order chi connectivity index (χ1) is 7.45. The molecule has 0 saturated carbocycles. The highest BCUT2D eigenvalue weighted by atomic mass is 32.2. The Kier molecular flexibility index (Phi) is 8.94. The van der Waals surface area contributed by atoms with Gasteiger partial charge in [-0.2, -0.15) is 8.42 Å². The zero-order valence-corrected chi connectivity index (χ0v) is 11.4. The third-order valence-corrected chi connectivity index (χ3v) is 3.79. The zero-order chi connectivity index (χ0) is 12.4. The van der Waals surface area contributed by atoms with Crippen molar-refractivity contribution in [1.82, 2.24) is 0 Å². The molecule has 0 rings (SSSR count). The molecule has 1 N–H and O–H groups in total. The monoisotopic (exact) mass is 250 g/mol. The molecule has 16 heavy (non-hydrogen) atoms. The van der Waals surface area contributed by atoms with E-state index in [1.807, 2.05) is 6.92 Å². The third kappa shape index (κ3) is 12.0. The molecule has 0 saturated heterocycles. The van der Waals surface area contributed by atoms with Crippen molar-refractivity contribution in [3.8, 4) is 0 Å². The molecule has 1 atom stereocenters. The van der Waals surface area contributed by atoms with E-state index in [1.165, 1.54) is 38.5 Å². The predicted molar refractivity (Wildman–Crippen MR) is 68.2 cm³/mol. The first-order valence-electron chi connectivity index (χ1n) is 6.41. The van der Waals surface area contributed by atoms with Crippen molar-refractivity contribution in [3.05, 3.63) is 0 Å². The van der Waals surface area contributed by atoms with E-state index in [0.29, 0.717) is 0 Å². The Hall–Kier alpha value is -0.0900. The molecule has 0 aromatic heterocycles. The van der Waals surface area contributed by atoms with Crippen LogP contribution in [0.4, 0.5) is 0 Å². The van der Waals surface area contributed by atoms with Gasteiger partial charge in [0.2, 0.25) is 0 Å². The molecule has 0 heterocycles. The molecule has 0 aliphatic carbocycles. The van der Waals surface area contributed by atoms with Gasteiger partial charge in [-0.05, 0) is 12.3 Å². The van der Waals surface area contributed by atoms with Crippen molar-refractivity contribution in [2.45, 2.75) is 65.2 Å². The van der Waals surface area contributed by atoms with Crippen LogP contribution in [-0.4, -0.2) is 18.7 Å². The van der Waals surface area contributed by atoms with Gasteiger partial charge in [0.15, 0.2) is 0 Å². The second-order valence-electron chi connectivity index (χ2n) is 4.76. The Morgan fingerprint density at radius 1 is 1.00 bits per heavy atom. The van der Waals surface area contributed by atoms with Crippen LogP contribution in [0.25, 0.3) is 0 Å². The summed E-state index contributed by atoms with van der Waals surface area (Å²) in [4.78, 5) is 0. The molecule has 3 nitrogen and oxygen atoms in total. The van der Waals surface area contributed by atoms with Crippen LogP contribution in [0.2, 0.25) is 0 Å². The number of unbranched alkanes of at least 4 members (excludes halogenated alkanes) is 6. The van der Waals surface area contributed by atoms with Crippen molar-refractivity contribution >= 4 is 10.1 Å². The van der Waals surface area contributed by atoms with Crippen LogP contribution in [0, 0.1) is 5.92 Å². The summed E-state index contributed by atoms with van der Waals surface area (Å²) in [6, 6.07) is 0. The van der Waals surface area contributed by atoms with Crippen LogP contribution in [0.3, 0.4) is 0 Å². The van der Waals surface area contributed by atoms with Gasteiger partial charge >= 0.3 is 0 Å². The van der Waals surface area contributed by atoms with Crippen molar-refractivity contribution in [3.63, 3.8) is 0 Å². The Labute approximate surface area is 100 Å². The molecule has 0 aromatic rings. The molecule has 0 fully saturated rings. The molecule has 0 bridgehead atoms. The quantitative estimate of drug-likeness (QED) is 0.475. The highest BCUT2D eigenvalue weighted by Crippen LogP contribution is 2.13. The summed E-state index contributed by atoms with van der Waals surface area (Å²) in [7, 11) is -3.78. The van der Waals surface area contributed by atoms with E-state index in [9.17, 15) is 8.42 Å². The minimum atomic E-state index is -3.78. The summed E-state index contributed by atoms with van der Waals surface area (Å²) in [5.74, 6) is -0.0197. The zero-order valence-electron chi connectivity index (χ0n) is 10.6. The van der Waals surface area contributed by atoms with E-state index >= 15 is 0 Å². The lowest BCUT2D eigenvalue weighted by atomic mass is 10.0. The molecule has 98 valence electrons. The van der Waals surface area contributed by atoms with Crippen molar-refractivity contribution < 1.29 is 13.0 Å². The van der Waals surface area contributed by atoms with Gasteiger partial charge in [-0.15, -0.1) is 0 Å². The Balaban J connectivity index is 3.31. The molecule has 4 heteroatoms. The highest BCUT2D eigenvalue weighted by molar-refractivity contribution is 7.85. The van der Waals surface area contributed by atoms with Crippen LogP contribution in [0.1, 0.15) is 65.2 Å².